The van der Waals surface area contributed by atoms with Gasteiger partial charge in [0.05, 0.1) is 6.54 Å². The molecule has 26 heavy (non-hydrogen) atoms. The van der Waals surface area contributed by atoms with Gasteiger partial charge in [0, 0.05) is 37.1 Å². The lowest BCUT2D eigenvalue weighted by molar-refractivity contribution is -0.140. The van der Waals surface area contributed by atoms with Crippen molar-refractivity contribution >= 4 is 41.3 Å². The molecule has 1 aromatic heterocycles. The van der Waals surface area contributed by atoms with Gasteiger partial charge in [0.2, 0.25) is 0 Å². The van der Waals surface area contributed by atoms with Crippen LogP contribution in [0.25, 0.3) is 0 Å². The van der Waals surface area contributed by atoms with Crippen molar-refractivity contribution < 1.29 is 13.2 Å². The van der Waals surface area contributed by atoms with Crippen molar-refractivity contribution in [3.05, 3.63) is 16.1 Å². The Morgan fingerprint density at radius 2 is 2.08 bits per heavy atom. The van der Waals surface area contributed by atoms with Crippen molar-refractivity contribution in [2.24, 2.45) is 4.99 Å². The van der Waals surface area contributed by atoms with Crippen LogP contribution in [0.1, 0.15) is 44.3 Å². The predicted molar refractivity (Wildman–Crippen MR) is 110 cm³/mol. The minimum atomic E-state index is -4.40. The van der Waals surface area contributed by atoms with Crippen LogP contribution in [0.15, 0.2) is 10.4 Å². The summed E-state index contributed by atoms with van der Waals surface area (Å²) in [6.45, 7) is 8.82. The summed E-state index contributed by atoms with van der Waals surface area (Å²) in [5.74, 6) is 0.603. The van der Waals surface area contributed by atoms with Crippen LogP contribution in [0, 0.1) is 0 Å². The average Bonchev–Trinajstić information content (AvgIpc) is 3.23. The number of aliphatic imine (C=N–C) groups is 1. The summed E-state index contributed by atoms with van der Waals surface area (Å²) < 4.78 is 37.7. The first-order chi connectivity index (χ1) is 11.8. The highest BCUT2D eigenvalue weighted by molar-refractivity contribution is 14.0. The Hall–Kier alpha value is -0.620. The molecule has 0 amide bonds. The molecule has 0 saturated heterocycles. The number of nitrogens with one attached hydrogen (secondary N) is 2. The highest BCUT2D eigenvalue weighted by Gasteiger charge is 2.33. The number of nitrogens with zero attached hydrogens (tertiary/aromatic N) is 3. The normalized spacial score (nSPS) is 15.3. The monoisotopic (exact) mass is 505 g/mol. The summed E-state index contributed by atoms with van der Waals surface area (Å²) in [6.07, 6.45) is -1.87. The standard InChI is InChI=1S/C16H26F3N5S.HI/c1-4-20-15(21-7-8-24(11(2)3)12-5-6-12)22-9-14-23-13(10-25-14)16(17,18)19;/h10-12H,4-9H2,1-3H3,(H2,20,21,22);1H. The van der Waals surface area contributed by atoms with E-state index in [-0.39, 0.29) is 30.5 Å². The molecule has 1 aromatic rings. The molecular formula is C16H27F3IN5S. The molecule has 1 fully saturated rings. The van der Waals surface area contributed by atoms with E-state index in [0.29, 0.717) is 29.6 Å². The third-order valence-electron chi connectivity index (χ3n) is 3.90. The first-order valence-electron chi connectivity index (χ1n) is 8.60. The minimum absolute atomic E-state index is 0. The van der Waals surface area contributed by atoms with Crippen LogP contribution >= 0.6 is 35.3 Å². The third-order valence-corrected chi connectivity index (χ3v) is 4.73. The first-order valence-corrected chi connectivity index (χ1v) is 9.48. The molecule has 0 radical (unpaired) electrons. The summed E-state index contributed by atoms with van der Waals surface area (Å²) in [5.41, 5.74) is -0.849. The zero-order chi connectivity index (χ0) is 18.4. The van der Waals surface area contributed by atoms with Crippen LogP contribution < -0.4 is 10.6 Å². The van der Waals surface area contributed by atoms with Crippen LogP contribution in [0.5, 0.6) is 0 Å². The van der Waals surface area contributed by atoms with Crippen molar-refractivity contribution in [3.8, 4) is 0 Å². The Labute approximate surface area is 173 Å². The predicted octanol–water partition coefficient (Wildman–Crippen LogP) is 3.71. The molecule has 2 rings (SSSR count). The first kappa shape index (κ1) is 23.4. The number of rotatable bonds is 8. The van der Waals surface area contributed by atoms with Crippen molar-refractivity contribution in [3.63, 3.8) is 0 Å². The quantitative estimate of drug-likeness (QED) is 0.322. The van der Waals surface area contributed by atoms with Gasteiger partial charge in [-0.3, -0.25) is 4.90 Å². The van der Waals surface area contributed by atoms with Gasteiger partial charge in [0.25, 0.3) is 0 Å². The van der Waals surface area contributed by atoms with Crippen molar-refractivity contribution in [1.29, 1.82) is 0 Å². The maximum Gasteiger partial charge on any atom is 0.434 e. The van der Waals surface area contributed by atoms with E-state index < -0.39 is 11.9 Å². The molecule has 10 heteroatoms. The van der Waals surface area contributed by atoms with E-state index >= 15 is 0 Å². The number of halogens is 4. The van der Waals surface area contributed by atoms with Crippen LogP contribution in [-0.2, 0) is 12.7 Å². The number of thiazole rings is 1. The molecule has 150 valence electrons. The molecule has 2 N–H and O–H groups in total. The second-order valence-corrected chi connectivity index (χ2v) is 7.25. The third kappa shape index (κ3) is 7.55. The molecule has 5 nitrogen and oxygen atoms in total. The Morgan fingerprint density at radius 3 is 2.58 bits per heavy atom. The van der Waals surface area contributed by atoms with E-state index in [1.807, 2.05) is 6.92 Å². The van der Waals surface area contributed by atoms with Gasteiger partial charge in [-0.15, -0.1) is 35.3 Å². The van der Waals surface area contributed by atoms with E-state index in [1.165, 1.54) is 12.8 Å². The number of hydrogen-bond acceptors (Lipinski definition) is 4. The Morgan fingerprint density at radius 1 is 1.38 bits per heavy atom. The van der Waals surface area contributed by atoms with Crippen LogP contribution in [-0.4, -0.2) is 47.6 Å². The summed E-state index contributed by atoms with van der Waals surface area (Å²) in [6, 6.07) is 1.20. The van der Waals surface area contributed by atoms with Gasteiger partial charge < -0.3 is 10.6 Å². The van der Waals surface area contributed by atoms with Crippen molar-refractivity contribution in [2.45, 2.75) is 58.4 Å². The molecule has 0 aromatic carbocycles. The molecule has 1 aliphatic carbocycles. The van der Waals surface area contributed by atoms with Gasteiger partial charge >= 0.3 is 6.18 Å². The highest BCUT2D eigenvalue weighted by atomic mass is 127. The maximum atomic E-state index is 12.6. The molecular weight excluding hydrogens is 478 g/mol. The van der Waals surface area contributed by atoms with E-state index in [2.05, 4.69) is 39.4 Å². The number of guanidine groups is 1. The van der Waals surface area contributed by atoms with E-state index in [1.54, 1.807) is 0 Å². The summed E-state index contributed by atoms with van der Waals surface area (Å²) >= 11 is 0.979. The molecule has 0 aliphatic heterocycles. The molecule has 0 unspecified atom stereocenters. The van der Waals surface area contributed by atoms with Crippen LogP contribution in [0.3, 0.4) is 0 Å². The van der Waals surface area contributed by atoms with Gasteiger partial charge in [-0.2, -0.15) is 13.2 Å². The summed E-state index contributed by atoms with van der Waals surface area (Å²) in [5, 5.41) is 7.74. The minimum Gasteiger partial charge on any atom is -0.357 e. The summed E-state index contributed by atoms with van der Waals surface area (Å²) in [4.78, 5) is 10.4. The van der Waals surface area contributed by atoms with Crippen LogP contribution in [0.2, 0.25) is 0 Å². The molecule has 1 saturated carbocycles. The second kappa shape index (κ2) is 10.6. The number of hydrogen-bond donors (Lipinski definition) is 2. The summed E-state index contributed by atoms with van der Waals surface area (Å²) in [7, 11) is 0. The Bertz CT molecular complexity index is 570. The highest BCUT2D eigenvalue weighted by Crippen LogP contribution is 2.30. The average molecular weight is 505 g/mol. The zero-order valence-electron chi connectivity index (χ0n) is 15.3. The van der Waals surface area contributed by atoms with Gasteiger partial charge in [-0.05, 0) is 33.6 Å². The molecule has 0 bridgehead atoms. The smallest absolute Gasteiger partial charge is 0.357 e. The molecule has 1 heterocycles. The molecule has 0 spiro atoms. The number of aromatic nitrogens is 1. The van der Waals surface area contributed by atoms with E-state index in [4.69, 9.17) is 0 Å². The van der Waals surface area contributed by atoms with E-state index in [9.17, 15) is 13.2 Å². The molecule has 1 aliphatic rings. The van der Waals surface area contributed by atoms with Crippen LogP contribution in [0.4, 0.5) is 13.2 Å². The van der Waals surface area contributed by atoms with Crippen molar-refractivity contribution in [1.82, 2.24) is 20.5 Å². The SMILES string of the molecule is CCNC(=NCc1nc(C(F)(F)F)cs1)NCCN(C(C)C)C1CC1.I. The van der Waals surface area contributed by atoms with E-state index in [0.717, 1.165) is 29.8 Å². The number of alkyl halides is 3. The fourth-order valence-electron chi connectivity index (χ4n) is 2.57. The lowest BCUT2D eigenvalue weighted by atomic mass is 10.3. The Kier molecular flexibility index (Phi) is 9.59. The fourth-order valence-corrected chi connectivity index (χ4v) is 3.30. The van der Waals surface area contributed by atoms with Gasteiger partial charge in [0.1, 0.15) is 5.01 Å². The van der Waals surface area contributed by atoms with Gasteiger partial charge in [0.15, 0.2) is 11.7 Å². The van der Waals surface area contributed by atoms with Gasteiger partial charge in [-0.25, -0.2) is 9.98 Å². The zero-order valence-corrected chi connectivity index (χ0v) is 18.4. The van der Waals surface area contributed by atoms with Gasteiger partial charge in [-0.1, -0.05) is 0 Å². The molecule has 0 atom stereocenters. The largest absolute Gasteiger partial charge is 0.434 e. The Balaban J connectivity index is 0.00000338. The lowest BCUT2D eigenvalue weighted by Crippen LogP contribution is -2.43. The lowest BCUT2D eigenvalue weighted by Gasteiger charge is -2.26. The topological polar surface area (TPSA) is 52.6 Å². The fraction of sp³-hybridized carbons (Fsp3) is 0.750. The second-order valence-electron chi connectivity index (χ2n) is 6.31. The maximum absolute atomic E-state index is 12.6. The van der Waals surface area contributed by atoms with Crippen molar-refractivity contribution in [2.75, 3.05) is 19.6 Å².